The number of hydrogen-bond acceptors (Lipinski definition) is 4. The molecular weight excluding hydrogens is 316 g/mol. The molecule has 4 nitrogen and oxygen atoms in total. The molecule has 3 rings (SSSR count). The third-order valence-electron chi connectivity index (χ3n) is 3.63. The summed E-state index contributed by atoms with van der Waals surface area (Å²) in [5.41, 5.74) is 1.67. The van der Waals surface area contributed by atoms with E-state index in [4.69, 9.17) is 17.0 Å². The quantitative estimate of drug-likeness (QED) is 0.734. The highest BCUT2D eigenvalue weighted by molar-refractivity contribution is 7.71. The Morgan fingerprint density at radius 3 is 2.59 bits per heavy atom. The first-order valence-corrected chi connectivity index (χ1v) is 8.23. The fourth-order valence-electron chi connectivity index (χ4n) is 2.42. The second-order valence-corrected chi connectivity index (χ2v) is 6.60. The van der Waals surface area contributed by atoms with Crippen molar-refractivity contribution in [3.05, 3.63) is 49.8 Å². The molecule has 2 aromatic heterocycles. The van der Waals surface area contributed by atoms with Crippen molar-refractivity contribution in [2.75, 3.05) is 6.61 Å². The van der Waals surface area contributed by atoms with E-state index in [1.54, 1.807) is 11.3 Å². The summed E-state index contributed by atoms with van der Waals surface area (Å²) in [6, 6.07) is 7.37. The Kier molecular flexibility index (Phi) is 3.88. The fraction of sp³-hybridized carbons (Fsp3) is 0.250. The van der Waals surface area contributed by atoms with Gasteiger partial charge in [-0.25, -0.2) is 0 Å². The van der Waals surface area contributed by atoms with E-state index in [1.807, 2.05) is 45.0 Å². The van der Waals surface area contributed by atoms with Crippen LogP contribution in [0.2, 0.25) is 0 Å². The van der Waals surface area contributed by atoms with Crippen molar-refractivity contribution in [1.29, 1.82) is 0 Å². The van der Waals surface area contributed by atoms with E-state index >= 15 is 0 Å². The van der Waals surface area contributed by atoms with Gasteiger partial charge in [-0.05, 0) is 62.8 Å². The third-order valence-corrected chi connectivity index (χ3v) is 5.04. The topological polar surface area (TPSA) is 47.0 Å². The van der Waals surface area contributed by atoms with Crippen LogP contribution in [0, 0.1) is 18.6 Å². The number of rotatable bonds is 3. The van der Waals surface area contributed by atoms with Crippen LogP contribution >= 0.6 is 23.6 Å². The number of benzene rings is 1. The lowest BCUT2D eigenvalue weighted by atomic mass is 10.2. The van der Waals surface area contributed by atoms with E-state index in [0.717, 1.165) is 26.7 Å². The summed E-state index contributed by atoms with van der Waals surface area (Å²) in [4.78, 5) is 18.0. The number of aryl methyl sites for hydroxylation is 2. The number of H-pyrrole nitrogens is 1. The summed E-state index contributed by atoms with van der Waals surface area (Å²) >= 11 is 6.93. The highest BCUT2D eigenvalue weighted by Crippen LogP contribution is 2.26. The van der Waals surface area contributed by atoms with Crippen LogP contribution < -0.4 is 10.3 Å². The van der Waals surface area contributed by atoms with Crippen LogP contribution in [0.5, 0.6) is 5.75 Å². The van der Waals surface area contributed by atoms with Crippen LogP contribution in [-0.2, 0) is 0 Å². The van der Waals surface area contributed by atoms with Gasteiger partial charge in [0.1, 0.15) is 10.6 Å². The first-order valence-electron chi connectivity index (χ1n) is 7.01. The van der Waals surface area contributed by atoms with Crippen molar-refractivity contribution in [3.63, 3.8) is 0 Å². The minimum absolute atomic E-state index is 0.0789. The molecule has 0 bridgehead atoms. The van der Waals surface area contributed by atoms with Gasteiger partial charge >= 0.3 is 0 Å². The largest absolute Gasteiger partial charge is 0.494 e. The average molecular weight is 332 g/mol. The van der Waals surface area contributed by atoms with Crippen LogP contribution in [0.25, 0.3) is 15.9 Å². The molecule has 0 aliphatic carbocycles. The monoisotopic (exact) mass is 332 g/mol. The van der Waals surface area contributed by atoms with E-state index in [2.05, 4.69) is 4.98 Å². The zero-order valence-electron chi connectivity index (χ0n) is 12.6. The lowest BCUT2D eigenvalue weighted by molar-refractivity contribution is 0.340. The van der Waals surface area contributed by atoms with E-state index < -0.39 is 0 Å². The summed E-state index contributed by atoms with van der Waals surface area (Å²) < 4.78 is 7.37. The summed E-state index contributed by atoms with van der Waals surface area (Å²) in [5, 5.41) is 0.713. The third kappa shape index (κ3) is 2.38. The van der Waals surface area contributed by atoms with Gasteiger partial charge in [0.15, 0.2) is 4.77 Å². The van der Waals surface area contributed by atoms with Gasteiger partial charge < -0.3 is 9.72 Å². The number of aromatic nitrogens is 2. The maximum atomic E-state index is 12.8. The van der Waals surface area contributed by atoms with Gasteiger partial charge in [-0.1, -0.05) is 0 Å². The Labute approximate surface area is 137 Å². The highest BCUT2D eigenvalue weighted by atomic mass is 32.1. The number of nitrogens with one attached hydrogen (secondary N) is 1. The van der Waals surface area contributed by atoms with Gasteiger partial charge in [0.25, 0.3) is 5.56 Å². The lowest BCUT2D eigenvalue weighted by Gasteiger charge is -2.08. The van der Waals surface area contributed by atoms with Gasteiger partial charge in [0, 0.05) is 4.88 Å². The van der Waals surface area contributed by atoms with Crippen molar-refractivity contribution in [3.8, 4) is 11.4 Å². The van der Waals surface area contributed by atoms with Gasteiger partial charge in [-0.3, -0.25) is 9.36 Å². The highest BCUT2D eigenvalue weighted by Gasteiger charge is 2.13. The normalized spacial score (nSPS) is 11.0. The fourth-order valence-corrected chi connectivity index (χ4v) is 3.83. The Hall–Kier alpha value is -1.92. The van der Waals surface area contributed by atoms with E-state index in [0.29, 0.717) is 16.8 Å². The van der Waals surface area contributed by atoms with Crippen LogP contribution in [0.15, 0.2) is 29.1 Å². The predicted octanol–water partition coefficient (Wildman–Crippen LogP) is 4.13. The molecule has 0 spiro atoms. The molecule has 0 unspecified atom stereocenters. The number of fused-ring (bicyclic) bond motifs is 1. The summed E-state index contributed by atoms with van der Waals surface area (Å²) in [7, 11) is 0. The molecule has 3 aromatic rings. The molecule has 0 atom stereocenters. The first-order chi connectivity index (χ1) is 10.5. The zero-order chi connectivity index (χ0) is 15.9. The molecule has 0 aliphatic heterocycles. The standard InChI is InChI=1S/C16H16N2O2S2/c1-4-20-12-7-5-11(6-8-12)18-15(19)13-9(2)10(3)22-14(13)17-16(18)21/h5-8H,4H2,1-3H3,(H,17,21). The molecule has 0 saturated carbocycles. The first kappa shape index (κ1) is 15.0. The Morgan fingerprint density at radius 1 is 1.27 bits per heavy atom. The molecule has 0 saturated heterocycles. The van der Waals surface area contributed by atoms with E-state index in [1.165, 1.54) is 4.57 Å². The lowest BCUT2D eigenvalue weighted by Crippen LogP contribution is -2.20. The van der Waals surface area contributed by atoms with Crippen LogP contribution in [0.4, 0.5) is 0 Å². The molecule has 22 heavy (non-hydrogen) atoms. The van der Waals surface area contributed by atoms with Crippen molar-refractivity contribution < 1.29 is 4.74 Å². The van der Waals surface area contributed by atoms with Crippen molar-refractivity contribution in [2.24, 2.45) is 0 Å². The van der Waals surface area contributed by atoms with Gasteiger partial charge in [0.05, 0.1) is 17.7 Å². The minimum Gasteiger partial charge on any atom is -0.494 e. The maximum Gasteiger partial charge on any atom is 0.267 e. The Balaban J connectivity index is 2.24. The number of aromatic amines is 1. The second kappa shape index (κ2) is 5.70. The molecule has 114 valence electrons. The molecule has 0 fully saturated rings. The number of thiophene rings is 1. The molecule has 6 heteroatoms. The summed E-state index contributed by atoms with van der Waals surface area (Å²) in [5.74, 6) is 0.776. The number of hydrogen-bond donors (Lipinski definition) is 1. The number of nitrogens with zero attached hydrogens (tertiary/aromatic N) is 1. The average Bonchev–Trinajstić information content (AvgIpc) is 2.76. The maximum absolute atomic E-state index is 12.8. The van der Waals surface area contributed by atoms with E-state index in [-0.39, 0.29) is 5.56 Å². The van der Waals surface area contributed by atoms with Crippen LogP contribution in [0.3, 0.4) is 0 Å². The van der Waals surface area contributed by atoms with Gasteiger partial charge in [-0.15, -0.1) is 11.3 Å². The molecule has 0 aliphatic rings. The summed E-state index contributed by atoms with van der Waals surface area (Å²) in [6.45, 7) is 6.52. The second-order valence-electron chi connectivity index (χ2n) is 4.99. The Bertz CT molecular complexity index is 949. The van der Waals surface area contributed by atoms with Gasteiger partial charge in [0.2, 0.25) is 0 Å². The zero-order valence-corrected chi connectivity index (χ0v) is 14.2. The molecule has 2 heterocycles. The predicted molar refractivity (Wildman–Crippen MR) is 93.2 cm³/mol. The van der Waals surface area contributed by atoms with Crippen molar-refractivity contribution in [2.45, 2.75) is 20.8 Å². The smallest absolute Gasteiger partial charge is 0.267 e. The molecule has 1 aromatic carbocycles. The SMILES string of the molecule is CCOc1ccc(-n2c(=S)[nH]c3sc(C)c(C)c3c2=O)cc1. The number of ether oxygens (including phenoxy) is 1. The van der Waals surface area contributed by atoms with Crippen LogP contribution in [0.1, 0.15) is 17.4 Å². The molecule has 1 N–H and O–H groups in total. The molecule has 0 radical (unpaired) electrons. The van der Waals surface area contributed by atoms with Crippen molar-refractivity contribution >= 4 is 33.8 Å². The van der Waals surface area contributed by atoms with E-state index in [9.17, 15) is 4.79 Å². The van der Waals surface area contributed by atoms with Crippen LogP contribution in [-0.4, -0.2) is 16.2 Å². The minimum atomic E-state index is -0.0789. The summed E-state index contributed by atoms with van der Waals surface area (Å²) in [6.07, 6.45) is 0. The van der Waals surface area contributed by atoms with Gasteiger partial charge in [-0.2, -0.15) is 0 Å². The van der Waals surface area contributed by atoms with Crippen molar-refractivity contribution in [1.82, 2.24) is 9.55 Å². The molecular formula is C16H16N2O2S2. The Morgan fingerprint density at radius 2 is 1.95 bits per heavy atom. The molecule has 0 amide bonds.